The van der Waals surface area contributed by atoms with Gasteiger partial charge in [0.05, 0.1) is 13.2 Å². The van der Waals surface area contributed by atoms with E-state index < -0.39 is 6.10 Å². The Hall–Kier alpha value is -2.14. The molecular weight excluding hydrogens is 617 g/mol. The molecule has 2 aromatic heterocycles. The van der Waals surface area contributed by atoms with E-state index in [2.05, 4.69) is 13.8 Å². The number of aliphatic hydroxyl groups is 1. The minimum atomic E-state index is -0.507. The molecule has 1 N–H and O–H groups in total. The molecule has 50 heavy (non-hydrogen) atoms. The van der Waals surface area contributed by atoms with Crippen LogP contribution in [0.25, 0.3) is 0 Å². The van der Waals surface area contributed by atoms with E-state index in [-0.39, 0.29) is 0 Å². The summed E-state index contributed by atoms with van der Waals surface area (Å²) in [5, 5.41) is 10.8. The van der Waals surface area contributed by atoms with Crippen LogP contribution in [-0.4, -0.2) is 24.4 Å². The van der Waals surface area contributed by atoms with Crippen molar-refractivity contribution in [2.24, 2.45) is 0 Å². The molecule has 5 nitrogen and oxygen atoms in total. The lowest BCUT2D eigenvalue weighted by Crippen LogP contribution is -2.47. The summed E-state index contributed by atoms with van der Waals surface area (Å²) < 4.78 is 16.2. The summed E-state index contributed by atoms with van der Waals surface area (Å²) in [6.45, 7) is 7.13. The topological polar surface area (TPSA) is 46.5 Å². The zero-order valence-corrected chi connectivity index (χ0v) is 33.0. The van der Waals surface area contributed by atoms with Crippen LogP contribution in [0, 0.1) is 0 Å². The van der Waals surface area contributed by atoms with Crippen molar-refractivity contribution in [3.05, 3.63) is 49.1 Å². The van der Waals surface area contributed by atoms with Crippen LogP contribution >= 0.6 is 0 Å². The maximum Gasteiger partial charge on any atom is 0.211 e. The average molecular weight is 697 g/mol. The van der Waals surface area contributed by atoms with E-state index in [1.165, 1.54) is 167 Å². The number of unbranched alkanes of at least 4 members (excludes halogenated alkanes) is 26. The summed E-state index contributed by atoms with van der Waals surface area (Å²) in [6.07, 6.45) is 45.7. The van der Waals surface area contributed by atoms with Crippen molar-refractivity contribution in [2.45, 2.75) is 213 Å². The third kappa shape index (κ3) is 25.8. The predicted octanol–water partition coefficient (Wildman–Crippen LogP) is 12.0. The van der Waals surface area contributed by atoms with Gasteiger partial charge in [-0.3, -0.25) is 0 Å². The zero-order chi connectivity index (χ0) is 35.6. The van der Waals surface area contributed by atoms with E-state index in [0.717, 1.165) is 37.6 Å². The summed E-state index contributed by atoms with van der Waals surface area (Å²) in [4.78, 5) is 0. The summed E-state index contributed by atoms with van der Waals surface area (Å²) >= 11 is 0. The van der Waals surface area contributed by atoms with Crippen molar-refractivity contribution in [1.82, 2.24) is 0 Å². The van der Waals surface area contributed by atoms with Gasteiger partial charge >= 0.3 is 0 Å². The smallest absolute Gasteiger partial charge is 0.211 e. The molecule has 286 valence electrons. The molecule has 0 aliphatic rings. The van der Waals surface area contributed by atoms with Crippen LogP contribution in [0.4, 0.5) is 0 Å². The Labute approximate surface area is 309 Å². The van der Waals surface area contributed by atoms with Gasteiger partial charge < -0.3 is 14.6 Å². The molecule has 0 spiro atoms. The van der Waals surface area contributed by atoms with Gasteiger partial charge in [-0.15, -0.1) is 0 Å². The van der Waals surface area contributed by atoms with Crippen molar-refractivity contribution < 1.29 is 23.7 Å². The molecular formula is C45H80N2O3+2. The first-order valence-electron chi connectivity index (χ1n) is 21.6. The van der Waals surface area contributed by atoms with Crippen molar-refractivity contribution in [1.29, 1.82) is 0 Å². The number of pyridine rings is 2. The molecule has 2 heterocycles. The SMILES string of the molecule is CCCCCCCCCCCCCCCCOc1ccc[n+](CC(O)C[n+]2cccc(OCCCCCCCCCCCCCCCC)c2)c1. The second-order valence-electron chi connectivity index (χ2n) is 15.0. The van der Waals surface area contributed by atoms with Gasteiger partial charge in [-0.25, -0.2) is 0 Å². The molecule has 0 fully saturated rings. The van der Waals surface area contributed by atoms with Crippen LogP contribution in [0.3, 0.4) is 0 Å². The van der Waals surface area contributed by atoms with Crippen LogP contribution in [-0.2, 0) is 13.1 Å². The number of aromatic nitrogens is 2. The van der Waals surface area contributed by atoms with E-state index >= 15 is 0 Å². The molecule has 0 unspecified atom stereocenters. The molecule has 0 radical (unpaired) electrons. The lowest BCUT2D eigenvalue weighted by Gasteiger charge is -2.08. The highest BCUT2D eigenvalue weighted by molar-refractivity contribution is 5.13. The van der Waals surface area contributed by atoms with Gasteiger partial charge in [0, 0.05) is 12.1 Å². The van der Waals surface area contributed by atoms with Crippen molar-refractivity contribution in [3.63, 3.8) is 0 Å². The molecule has 0 saturated heterocycles. The highest BCUT2D eigenvalue weighted by Gasteiger charge is 2.17. The van der Waals surface area contributed by atoms with Gasteiger partial charge in [0.2, 0.25) is 12.4 Å². The van der Waals surface area contributed by atoms with E-state index in [0.29, 0.717) is 13.1 Å². The Balaban J connectivity index is 1.47. The van der Waals surface area contributed by atoms with Crippen LogP contribution in [0.2, 0.25) is 0 Å². The summed E-state index contributed by atoms with van der Waals surface area (Å²) in [7, 11) is 0. The molecule has 0 aliphatic carbocycles. The Morgan fingerprint density at radius 3 is 1.02 bits per heavy atom. The monoisotopic (exact) mass is 697 g/mol. The van der Waals surface area contributed by atoms with Gasteiger partial charge in [-0.05, 0) is 25.0 Å². The van der Waals surface area contributed by atoms with Gasteiger partial charge in [0.25, 0.3) is 0 Å². The van der Waals surface area contributed by atoms with Crippen molar-refractivity contribution in [2.75, 3.05) is 13.2 Å². The first-order chi connectivity index (χ1) is 24.7. The summed E-state index contributed by atoms with van der Waals surface area (Å²) in [6, 6.07) is 8.04. The third-order valence-corrected chi connectivity index (χ3v) is 10.0. The van der Waals surface area contributed by atoms with Crippen molar-refractivity contribution >= 4 is 0 Å². The Bertz CT molecular complexity index is 936. The number of hydrogen-bond acceptors (Lipinski definition) is 3. The van der Waals surface area contributed by atoms with Gasteiger partial charge in [0.15, 0.2) is 43.1 Å². The summed E-state index contributed by atoms with van der Waals surface area (Å²) in [5.74, 6) is 1.75. The highest BCUT2D eigenvalue weighted by atomic mass is 16.5. The van der Waals surface area contributed by atoms with Crippen LogP contribution in [0.5, 0.6) is 11.5 Å². The second-order valence-corrected chi connectivity index (χ2v) is 15.0. The van der Waals surface area contributed by atoms with Gasteiger partial charge in [-0.1, -0.05) is 181 Å². The fourth-order valence-electron chi connectivity index (χ4n) is 6.91. The number of hydrogen-bond donors (Lipinski definition) is 1. The maximum atomic E-state index is 10.8. The number of rotatable bonds is 36. The molecule has 0 saturated carbocycles. The number of ether oxygens (including phenoxy) is 2. The molecule has 0 aliphatic heterocycles. The molecule has 5 heteroatoms. The lowest BCUT2D eigenvalue weighted by atomic mass is 10.0. The minimum absolute atomic E-state index is 0.507. The van der Waals surface area contributed by atoms with E-state index in [9.17, 15) is 5.11 Å². The Morgan fingerprint density at radius 1 is 0.440 bits per heavy atom. The minimum Gasteiger partial charge on any atom is -0.487 e. The zero-order valence-electron chi connectivity index (χ0n) is 33.0. The predicted molar refractivity (Wildman–Crippen MR) is 211 cm³/mol. The fraction of sp³-hybridized carbons (Fsp3) is 0.778. The van der Waals surface area contributed by atoms with Gasteiger partial charge in [-0.2, -0.15) is 9.13 Å². The largest absolute Gasteiger partial charge is 0.487 e. The fourth-order valence-corrected chi connectivity index (χ4v) is 6.91. The van der Waals surface area contributed by atoms with Crippen molar-refractivity contribution in [3.8, 4) is 11.5 Å². The van der Waals surface area contributed by atoms with Gasteiger partial charge in [0.1, 0.15) is 0 Å². The molecule has 0 bridgehead atoms. The third-order valence-electron chi connectivity index (χ3n) is 10.0. The molecule has 2 rings (SSSR count). The standard InChI is InChI=1S/C45H80N2O3/c1-3-5-7-9-11-13-15-17-19-21-23-25-27-29-37-49-44-33-31-35-46(41-44)39-43(48)40-47-36-32-34-45(42-47)50-38-30-28-26-24-22-20-18-16-14-12-10-8-6-4-2/h31-36,41-43,48H,3-30,37-40H2,1-2H3/q+2. The van der Waals surface area contributed by atoms with Crippen LogP contribution < -0.4 is 18.6 Å². The van der Waals surface area contributed by atoms with E-state index in [4.69, 9.17) is 9.47 Å². The second kappa shape index (κ2) is 32.7. The van der Waals surface area contributed by atoms with E-state index in [1.807, 2.05) is 58.2 Å². The lowest BCUT2D eigenvalue weighted by molar-refractivity contribution is -0.738. The Morgan fingerprint density at radius 2 is 0.720 bits per heavy atom. The molecule has 0 amide bonds. The molecule has 0 atom stereocenters. The quantitative estimate of drug-likeness (QED) is 0.0570. The van der Waals surface area contributed by atoms with Crippen LogP contribution in [0.1, 0.15) is 194 Å². The first kappa shape index (κ1) is 44.0. The molecule has 0 aromatic carbocycles. The normalized spacial score (nSPS) is 11.4. The summed E-state index contributed by atoms with van der Waals surface area (Å²) in [5.41, 5.74) is 0. The van der Waals surface area contributed by atoms with Crippen LogP contribution in [0.15, 0.2) is 49.1 Å². The first-order valence-corrected chi connectivity index (χ1v) is 21.6. The number of nitrogens with zero attached hydrogens (tertiary/aromatic N) is 2. The average Bonchev–Trinajstić information content (AvgIpc) is 3.12. The van der Waals surface area contributed by atoms with E-state index in [1.54, 1.807) is 0 Å². The maximum absolute atomic E-state index is 10.8. The Kier molecular flexibility index (Phi) is 28.8. The molecule has 2 aromatic rings. The highest BCUT2D eigenvalue weighted by Crippen LogP contribution is 2.15. The number of aliphatic hydroxyl groups excluding tert-OH is 1.